The van der Waals surface area contributed by atoms with Crippen molar-refractivity contribution in [2.24, 2.45) is 5.92 Å². The molecular formula is C17H28N2O3. The predicted octanol–water partition coefficient (Wildman–Crippen LogP) is 3.07. The van der Waals surface area contributed by atoms with E-state index in [-0.39, 0.29) is 11.8 Å². The van der Waals surface area contributed by atoms with E-state index in [0.717, 1.165) is 19.3 Å². The largest absolute Gasteiger partial charge is 0.472 e. The number of furan rings is 1. The molecule has 0 bridgehead atoms. The summed E-state index contributed by atoms with van der Waals surface area (Å²) in [6.45, 7) is 8.02. The minimum absolute atomic E-state index is 0.00449. The van der Waals surface area contributed by atoms with Gasteiger partial charge in [0.15, 0.2) is 0 Å². The lowest BCUT2D eigenvalue weighted by atomic mass is 10.1. The van der Waals surface area contributed by atoms with Crippen molar-refractivity contribution in [1.29, 1.82) is 0 Å². The van der Waals surface area contributed by atoms with Crippen LogP contribution in [0.4, 0.5) is 0 Å². The molecule has 0 aromatic carbocycles. The minimum Gasteiger partial charge on any atom is -0.472 e. The van der Waals surface area contributed by atoms with Gasteiger partial charge in [-0.25, -0.2) is 0 Å². The van der Waals surface area contributed by atoms with Crippen LogP contribution in [0, 0.1) is 5.92 Å². The predicted molar refractivity (Wildman–Crippen MR) is 86.6 cm³/mol. The van der Waals surface area contributed by atoms with Crippen molar-refractivity contribution in [2.75, 3.05) is 19.6 Å². The van der Waals surface area contributed by atoms with Crippen LogP contribution < -0.4 is 5.32 Å². The molecule has 0 saturated carbocycles. The molecule has 0 atom stereocenters. The van der Waals surface area contributed by atoms with Gasteiger partial charge in [0.1, 0.15) is 6.26 Å². The third-order valence-electron chi connectivity index (χ3n) is 3.35. The molecule has 1 aromatic heterocycles. The van der Waals surface area contributed by atoms with Crippen LogP contribution in [0.5, 0.6) is 0 Å². The van der Waals surface area contributed by atoms with E-state index in [1.807, 2.05) is 0 Å². The van der Waals surface area contributed by atoms with E-state index in [9.17, 15) is 9.59 Å². The van der Waals surface area contributed by atoms with Crippen LogP contribution in [0.3, 0.4) is 0 Å². The molecule has 124 valence electrons. The first-order chi connectivity index (χ1) is 10.5. The molecule has 0 radical (unpaired) electrons. The Morgan fingerprint density at radius 3 is 2.68 bits per heavy atom. The second-order valence-electron chi connectivity index (χ2n) is 5.96. The number of rotatable bonds is 10. The summed E-state index contributed by atoms with van der Waals surface area (Å²) in [4.78, 5) is 25.9. The van der Waals surface area contributed by atoms with E-state index in [1.54, 1.807) is 11.0 Å². The molecule has 0 saturated heterocycles. The van der Waals surface area contributed by atoms with Crippen LogP contribution in [0.2, 0.25) is 0 Å². The van der Waals surface area contributed by atoms with E-state index in [0.29, 0.717) is 37.5 Å². The highest BCUT2D eigenvalue weighted by Crippen LogP contribution is 2.09. The Hall–Kier alpha value is -1.78. The van der Waals surface area contributed by atoms with Crippen molar-refractivity contribution in [2.45, 2.75) is 46.5 Å². The average molecular weight is 308 g/mol. The summed E-state index contributed by atoms with van der Waals surface area (Å²) in [6, 6.07) is 1.65. The highest BCUT2D eigenvalue weighted by molar-refractivity contribution is 5.94. The topological polar surface area (TPSA) is 62.6 Å². The Morgan fingerprint density at radius 1 is 1.32 bits per heavy atom. The summed E-state index contributed by atoms with van der Waals surface area (Å²) >= 11 is 0. The number of nitrogens with zero attached hydrogens (tertiary/aromatic N) is 1. The van der Waals surface area contributed by atoms with Gasteiger partial charge in [0.25, 0.3) is 5.91 Å². The maximum atomic E-state index is 12.4. The fourth-order valence-corrected chi connectivity index (χ4v) is 2.21. The molecular weight excluding hydrogens is 280 g/mol. The Bertz CT molecular complexity index is 441. The Balaban J connectivity index is 2.44. The fourth-order valence-electron chi connectivity index (χ4n) is 2.21. The van der Waals surface area contributed by atoms with Gasteiger partial charge in [0.05, 0.1) is 11.8 Å². The van der Waals surface area contributed by atoms with Crippen molar-refractivity contribution >= 4 is 11.8 Å². The lowest BCUT2D eigenvalue weighted by molar-refractivity contribution is -0.121. The normalized spacial score (nSPS) is 10.7. The Kier molecular flexibility index (Phi) is 8.33. The van der Waals surface area contributed by atoms with Gasteiger partial charge in [-0.15, -0.1) is 0 Å². The lowest BCUT2D eigenvalue weighted by Crippen LogP contribution is -2.37. The van der Waals surface area contributed by atoms with E-state index in [2.05, 4.69) is 26.1 Å². The molecule has 1 aromatic rings. The Morgan fingerprint density at radius 2 is 2.09 bits per heavy atom. The third-order valence-corrected chi connectivity index (χ3v) is 3.35. The third kappa shape index (κ3) is 6.78. The number of amides is 2. The number of carbonyl (C=O) groups is 2. The number of hydrogen-bond donors (Lipinski definition) is 1. The zero-order valence-corrected chi connectivity index (χ0v) is 13.9. The van der Waals surface area contributed by atoms with Gasteiger partial charge >= 0.3 is 0 Å². The van der Waals surface area contributed by atoms with Gasteiger partial charge in [-0.2, -0.15) is 0 Å². The highest BCUT2D eigenvalue weighted by atomic mass is 16.3. The summed E-state index contributed by atoms with van der Waals surface area (Å²) in [5.41, 5.74) is 0.531. The summed E-state index contributed by atoms with van der Waals surface area (Å²) in [5.74, 6) is 0.273. The second-order valence-corrected chi connectivity index (χ2v) is 5.96. The first-order valence-electron chi connectivity index (χ1n) is 8.12. The van der Waals surface area contributed by atoms with Gasteiger partial charge < -0.3 is 14.6 Å². The first-order valence-corrected chi connectivity index (χ1v) is 8.12. The molecule has 22 heavy (non-hydrogen) atoms. The second kappa shape index (κ2) is 10.0. The van der Waals surface area contributed by atoms with Gasteiger partial charge in [-0.1, -0.05) is 33.6 Å². The van der Waals surface area contributed by atoms with Crippen molar-refractivity contribution in [1.82, 2.24) is 10.2 Å². The van der Waals surface area contributed by atoms with E-state index in [1.165, 1.54) is 12.5 Å². The SMILES string of the molecule is CCCCCNC(=O)CCN(CC(C)C)C(=O)c1ccoc1. The molecule has 1 rings (SSSR count). The van der Waals surface area contributed by atoms with Crippen LogP contribution in [-0.2, 0) is 4.79 Å². The zero-order chi connectivity index (χ0) is 16.4. The van der Waals surface area contributed by atoms with Crippen molar-refractivity contribution < 1.29 is 14.0 Å². The van der Waals surface area contributed by atoms with E-state index in [4.69, 9.17) is 4.42 Å². The van der Waals surface area contributed by atoms with Crippen molar-refractivity contribution in [3.05, 3.63) is 24.2 Å². The molecule has 0 unspecified atom stereocenters. The molecule has 2 amide bonds. The van der Waals surface area contributed by atoms with E-state index < -0.39 is 0 Å². The monoisotopic (exact) mass is 308 g/mol. The smallest absolute Gasteiger partial charge is 0.257 e. The molecule has 0 aliphatic heterocycles. The minimum atomic E-state index is -0.0822. The standard InChI is InChI=1S/C17H28N2O3/c1-4-5-6-9-18-16(20)7-10-19(12-14(2)3)17(21)15-8-11-22-13-15/h8,11,13-14H,4-7,9-10,12H2,1-3H3,(H,18,20). The first kappa shape index (κ1) is 18.3. The number of hydrogen-bond acceptors (Lipinski definition) is 3. The zero-order valence-electron chi connectivity index (χ0n) is 13.9. The van der Waals surface area contributed by atoms with Crippen molar-refractivity contribution in [3.8, 4) is 0 Å². The van der Waals surface area contributed by atoms with Crippen LogP contribution in [0.15, 0.2) is 23.0 Å². The fraction of sp³-hybridized carbons (Fsp3) is 0.647. The summed E-state index contributed by atoms with van der Waals surface area (Å²) in [7, 11) is 0. The summed E-state index contributed by atoms with van der Waals surface area (Å²) < 4.78 is 4.97. The lowest BCUT2D eigenvalue weighted by Gasteiger charge is -2.24. The number of unbranched alkanes of at least 4 members (excludes halogenated alkanes) is 2. The quantitative estimate of drug-likeness (QED) is 0.676. The number of nitrogens with one attached hydrogen (secondary N) is 1. The molecule has 1 heterocycles. The molecule has 1 N–H and O–H groups in total. The maximum absolute atomic E-state index is 12.4. The van der Waals surface area contributed by atoms with E-state index >= 15 is 0 Å². The summed E-state index contributed by atoms with van der Waals surface area (Å²) in [6.07, 6.45) is 6.53. The van der Waals surface area contributed by atoms with Gasteiger partial charge in [-0.05, 0) is 18.4 Å². The molecule has 0 fully saturated rings. The number of carbonyl (C=O) groups excluding carboxylic acids is 2. The molecule has 0 aliphatic carbocycles. The summed E-state index contributed by atoms with van der Waals surface area (Å²) in [5, 5.41) is 2.90. The Labute approximate surface area is 133 Å². The molecule has 0 spiro atoms. The molecule has 5 nitrogen and oxygen atoms in total. The van der Waals surface area contributed by atoms with Crippen LogP contribution in [0.25, 0.3) is 0 Å². The van der Waals surface area contributed by atoms with Crippen LogP contribution in [-0.4, -0.2) is 36.3 Å². The van der Waals surface area contributed by atoms with Crippen LogP contribution in [0.1, 0.15) is 56.8 Å². The molecule has 0 aliphatic rings. The molecule has 5 heteroatoms. The van der Waals surface area contributed by atoms with Gasteiger partial charge in [0, 0.05) is 26.1 Å². The van der Waals surface area contributed by atoms with Gasteiger partial charge in [0.2, 0.25) is 5.91 Å². The maximum Gasteiger partial charge on any atom is 0.257 e. The van der Waals surface area contributed by atoms with Crippen molar-refractivity contribution in [3.63, 3.8) is 0 Å². The van der Waals surface area contributed by atoms with Crippen LogP contribution >= 0.6 is 0 Å². The highest BCUT2D eigenvalue weighted by Gasteiger charge is 2.18. The van der Waals surface area contributed by atoms with Gasteiger partial charge in [-0.3, -0.25) is 9.59 Å². The average Bonchev–Trinajstić information content (AvgIpc) is 3.01.